The lowest BCUT2D eigenvalue weighted by molar-refractivity contribution is -0.151. The molecule has 3 heterocycles. The van der Waals surface area contributed by atoms with Gasteiger partial charge in [-0.15, -0.1) is 0 Å². The van der Waals surface area contributed by atoms with E-state index in [2.05, 4.69) is 5.32 Å². The van der Waals surface area contributed by atoms with Gasteiger partial charge in [0.05, 0.1) is 17.6 Å². The molecule has 9 nitrogen and oxygen atoms in total. The summed E-state index contributed by atoms with van der Waals surface area (Å²) < 4.78 is 10.3. The number of rotatable bonds is 6. The number of para-hydroxylation sites is 2. The summed E-state index contributed by atoms with van der Waals surface area (Å²) >= 11 is 0. The molecule has 0 saturated carbocycles. The highest BCUT2D eigenvalue weighted by Gasteiger charge is 2.37. The number of likely N-dealkylation sites (tertiary alicyclic amines) is 1. The van der Waals surface area contributed by atoms with E-state index in [1.54, 1.807) is 41.3 Å². The molecule has 1 atom stereocenters. The van der Waals surface area contributed by atoms with Crippen LogP contribution in [0.15, 0.2) is 47.1 Å². The second kappa shape index (κ2) is 9.03. The van der Waals surface area contributed by atoms with Gasteiger partial charge in [-0.05, 0) is 43.5 Å². The maximum atomic E-state index is 12.5. The van der Waals surface area contributed by atoms with Gasteiger partial charge in [0, 0.05) is 19.5 Å². The highest BCUT2D eigenvalue weighted by molar-refractivity contribution is 6.02. The molecule has 0 radical (unpaired) electrons. The third-order valence-corrected chi connectivity index (χ3v) is 5.41. The molecule has 4 rings (SSSR count). The van der Waals surface area contributed by atoms with Gasteiger partial charge in [0.2, 0.25) is 5.91 Å². The number of furan rings is 1. The number of nitrogens with one attached hydrogen (secondary N) is 1. The number of carbonyl (C=O) groups is 4. The fourth-order valence-corrected chi connectivity index (χ4v) is 3.93. The lowest BCUT2D eigenvalue weighted by Gasteiger charge is -2.22. The maximum Gasteiger partial charge on any atom is 0.329 e. The summed E-state index contributed by atoms with van der Waals surface area (Å²) in [7, 11) is 0. The quantitative estimate of drug-likeness (QED) is 0.711. The molecular formula is C22H23N3O6. The largest absolute Gasteiger partial charge is 0.459 e. The van der Waals surface area contributed by atoms with Crippen LogP contribution in [-0.4, -0.2) is 54.3 Å². The molecule has 0 spiro atoms. The molecular weight excluding hydrogens is 402 g/mol. The molecule has 2 aliphatic rings. The summed E-state index contributed by atoms with van der Waals surface area (Å²) in [5.74, 6) is -1.36. The number of esters is 1. The second-order valence-corrected chi connectivity index (χ2v) is 7.46. The van der Waals surface area contributed by atoms with E-state index < -0.39 is 24.5 Å². The van der Waals surface area contributed by atoms with E-state index in [4.69, 9.17) is 9.15 Å². The predicted octanol–water partition coefficient (Wildman–Crippen LogP) is 2.19. The number of anilines is 2. The van der Waals surface area contributed by atoms with E-state index in [-0.39, 0.29) is 17.6 Å². The van der Waals surface area contributed by atoms with E-state index in [1.165, 1.54) is 11.2 Å². The van der Waals surface area contributed by atoms with E-state index in [0.29, 0.717) is 43.7 Å². The van der Waals surface area contributed by atoms with Crippen LogP contribution in [0, 0.1) is 0 Å². The number of ether oxygens (including phenoxy) is 1. The molecule has 1 aromatic heterocycles. The van der Waals surface area contributed by atoms with Crippen molar-refractivity contribution >= 4 is 35.1 Å². The number of amides is 3. The van der Waals surface area contributed by atoms with Crippen molar-refractivity contribution in [3.8, 4) is 0 Å². The molecule has 9 heteroatoms. The predicted molar refractivity (Wildman–Crippen MR) is 110 cm³/mol. The molecule has 2 aromatic rings. The molecule has 3 amide bonds. The third kappa shape index (κ3) is 4.45. The first-order valence-corrected chi connectivity index (χ1v) is 10.2. The van der Waals surface area contributed by atoms with E-state index in [9.17, 15) is 19.2 Å². The average molecular weight is 425 g/mol. The van der Waals surface area contributed by atoms with E-state index in [0.717, 1.165) is 6.42 Å². The Morgan fingerprint density at radius 1 is 1.10 bits per heavy atom. The normalized spacial score (nSPS) is 18.3. The molecule has 0 unspecified atom stereocenters. The number of hydrogen-bond acceptors (Lipinski definition) is 6. The van der Waals surface area contributed by atoms with Crippen molar-refractivity contribution in [3.63, 3.8) is 0 Å². The van der Waals surface area contributed by atoms with Crippen molar-refractivity contribution in [2.75, 3.05) is 29.9 Å². The fraction of sp³-hybridized carbons (Fsp3) is 0.364. The molecule has 162 valence electrons. The zero-order chi connectivity index (χ0) is 21.8. The Balaban J connectivity index is 1.34. The average Bonchev–Trinajstić information content (AvgIpc) is 3.53. The first-order chi connectivity index (χ1) is 15.0. The monoisotopic (exact) mass is 425 g/mol. The molecule has 31 heavy (non-hydrogen) atoms. The smallest absolute Gasteiger partial charge is 0.329 e. The molecule has 2 fully saturated rings. The first kappa shape index (κ1) is 20.6. The molecule has 0 aliphatic carbocycles. The van der Waals surface area contributed by atoms with Crippen LogP contribution in [0.5, 0.6) is 0 Å². The van der Waals surface area contributed by atoms with Gasteiger partial charge in [0.1, 0.15) is 6.04 Å². The van der Waals surface area contributed by atoms with Gasteiger partial charge in [-0.3, -0.25) is 14.4 Å². The third-order valence-electron chi connectivity index (χ3n) is 5.41. The van der Waals surface area contributed by atoms with Crippen LogP contribution in [0.25, 0.3) is 0 Å². The SMILES string of the molecule is O=C(COC(=O)[C@@H]1CCCN1C(=O)c1ccco1)Nc1ccccc1N1CCCC1=O. The summed E-state index contributed by atoms with van der Waals surface area (Å²) in [6.45, 7) is 0.533. The Kier molecular flexibility index (Phi) is 6.01. The lowest BCUT2D eigenvalue weighted by atomic mass is 10.2. The number of hydrogen-bond donors (Lipinski definition) is 1. The number of benzene rings is 1. The van der Waals surface area contributed by atoms with Crippen molar-refractivity contribution in [1.29, 1.82) is 0 Å². The zero-order valence-corrected chi connectivity index (χ0v) is 16.9. The van der Waals surface area contributed by atoms with Crippen LogP contribution in [0.4, 0.5) is 11.4 Å². The number of nitrogens with zero attached hydrogens (tertiary/aromatic N) is 2. The summed E-state index contributed by atoms with van der Waals surface area (Å²) in [6, 6.07) is 9.40. The molecule has 1 aromatic carbocycles. The van der Waals surface area contributed by atoms with Crippen molar-refractivity contribution < 1.29 is 28.3 Å². The summed E-state index contributed by atoms with van der Waals surface area (Å²) in [5, 5.41) is 2.70. The van der Waals surface area contributed by atoms with Crippen molar-refractivity contribution in [2.45, 2.75) is 31.7 Å². The number of carbonyl (C=O) groups excluding carboxylic acids is 4. The fourth-order valence-electron chi connectivity index (χ4n) is 3.93. The second-order valence-electron chi connectivity index (χ2n) is 7.46. The van der Waals surface area contributed by atoms with Gasteiger partial charge >= 0.3 is 5.97 Å². The van der Waals surface area contributed by atoms with Crippen LogP contribution in [0.2, 0.25) is 0 Å². The molecule has 1 N–H and O–H groups in total. The first-order valence-electron chi connectivity index (χ1n) is 10.2. The molecule has 2 saturated heterocycles. The Hall–Kier alpha value is -3.62. The van der Waals surface area contributed by atoms with Gasteiger partial charge in [-0.2, -0.15) is 0 Å². The Morgan fingerprint density at radius 2 is 1.94 bits per heavy atom. The summed E-state index contributed by atoms with van der Waals surface area (Å²) in [5.41, 5.74) is 1.10. The topological polar surface area (TPSA) is 109 Å². The minimum Gasteiger partial charge on any atom is -0.459 e. The minimum atomic E-state index is -0.750. The van der Waals surface area contributed by atoms with Crippen LogP contribution in [-0.2, 0) is 19.1 Å². The van der Waals surface area contributed by atoms with Gasteiger partial charge in [-0.25, -0.2) is 4.79 Å². The summed E-state index contributed by atoms with van der Waals surface area (Å²) in [4.78, 5) is 52.5. The highest BCUT2D eigenvalue weighted by Crippen LogP contribution is 2.29. The van der Waals surface area contributed by atoms with Gasteiger partial charge in [-0.1, -0.05) is 12.1 Å². The van der Waals surface area contributed by atoms with Crippen LogP contribution in [0.1, 0.15) is 36.2 Å². The van der Waals surface area contributed by atoms with Crippen LogP contribution >= 0.6 is 0 Å². The zero-order valence-electron chi connectivity index (χ0n) is 16.9. The van der Waals surface area contributed by atoms with Crippen LogP contribution in [0.3, 0.4) is 0 Å². The lowest BCUT2D eigenvalue weighted by Crippen LogP contribution is -2.42. The molecule has 2 aliphatic heterocycles. The Bertz CT molecular complexity index is 987. The van der Waals surface area contributed by atoms with E-state index >= 15 is 0 Å². The summed E-state index contributed by atoms with van der Waals surface area (Å²) in [6.07, 6.45) is 3.78. The van der Waals surface area contributed by atoms with Gasteiger partial charge in [0.25, 0.3) is 11.8 Å². The van der Waals surface area contributed by atoms with Crippen molar-refractivity contribution in [2.24, 2.45) is 0 Å². The van der Waals surface area contributed by atoms with E-state index in [1.807, 2.05) is 0 Å². The van der Waals surface area contributed by atoms with Crippen molar-refractivity contribution in [3.05, 3.63) is 48.4 Å². The van der Waals surface area contributed by atoms with Crippen LogP contribution < -0.4 is 10.2 Å². The Labute approximate surface area is 178 Å². The molecule has 0 bridgehead atoms. The minimum absolute atomic E-state index is 0.00988. The highest BCUT2D eigenvalue weighted by atomic mass is 16.5. The van der Waals surface area contributed by atoms with Crippen molar-refractivity contribution in [1.82, 2.24) is 4.90 Å². The Morgan fingerprint density at radius 3 is 2.68 bits per heavy atom. The maximum absolute atomic E-state index is 12.5. The van der Waals surface area contributed by atoms with Gasteiger partial charge in [0.15, 0.2) is 12.4 Å². The van der Waals surface area contributed by atoms with Gasteiger partial charge < -0.3 is 24.3 Å². The standard InChI is InChI=1S/C22H23N3O6/c26-19(23-15-6-1-2-7-16(15)24-11-4-10-20(24)27)14-31-22(29)17-8-3-12-25(17)21(28)18-9-5-13-30-18/h1-2,5-7,9,13,17H,3-4,8,10-12,14H2,(H,23,26)/t17-/m0/s1.